The summed E-state index contributed by atoms with van der Waals surface area (Å²) in [5.41, 5.74) is 0. The minimum Gasteiger partial charge on any atom is -0.311 e. The van der Waals surface area contributed by atoms with Gasteiger partial charge in [0, 0.05) is 31.7 Å². The van der Waals surface area contributed by atoms with Crippen LogP contribution in [-0.4, -0.2) is 49.6 Å². The molecule has 0 saturated carbocycles. The smallest absolute Gasteiger partial charge is 0.311 e. The summed E-state index contributed by atoms with van der Waals surface area (Å²) in [5, 5.41) is 3.40. The van der Waals surface area contributed by atoms with E-state index in [4.69, 9.17) is 0 Å². The van der Waals surface area contributed by atoms with Crippen molar-refractivity contribution in [2.24, 2.45) is 0 Å². The van der Waals surface area contributed by atoms with Crippen molar-refractivity contribution in [1.29, 1.82) is 0 Å². The lowest BCUT2D eigenvalue weighted by Gasteiger charge is -2.39. The molecule has 1 aliphatic heterocycles. The van der Waals surface area contributed by atoms with Gasteiger partial charge >= 0.3 is 6.36 Å². The highest BCUT2D eigenvalue weighted by molar-refractivity contribution is 4.84. The van der Waals surface area contributed by atoms with Crippen molar-refractivity contribution in [2.45, 2.75) is 45.1 Å². The highest BCUT2D eigenvalue weighted by Crippen LogP contribution is 2.17. The fourth-order valence-corrected chi connectivity index (χ4v) is 2.16. The van der Waals surface area contributed by atoms with Crippen LogP contribution >= 0.6 is 0 Å². The molecule has 1 heterocycles. The fraction of sp³-hybridized carbons (Fsp3) is 1.00. The molecule has 102 valence electrons. The van der Waals surface area contributed by atoms with E-state index in [1.807, 2.05) is 0 Å². The largest absolute Gasteiger partial charge is 0.522 e. The number of nitrogens with zero attached hydrogens (tertiary/aromatic N) is 1. The SMILES string of the molecule is CCC1CN(CCOC(F)(F)F)C(CC)CN1. The first kappa shape index (κ1) is 14.7. The minimum atomic E-state index is -4.51. The standard InChI is InChI=1S/C11H21F3N2O/c1-3-9-8-16(10(4-2)7-15-9)5-6-17-11(12,13)14/h9-10,15H,3-8H2,1-2H3. The molecule has 3 nitrogen and oxygen atoms in total. The first-order chi connectivity index (χ1) is 7.96. The fourth-order valence-electron chi connectivity index (χ4n) is 2.16. The molecule has 1 fully saturated rings. The van der Waals surface area contributed by atoms with Crippen LogP contribution in [0.15, 0.2) is 0 Å². The first-order valence-corrected chi connectivity index (χ1v) is 6.14. The minimum absolute atomic E-state index is 0.281. The lowest BCUT2D eigenvalue weighted by molar-refractivity contribution is -0.325. The second kappa shape index (κ2) is 6.56. The second-order valence-electron chi connectivity index (χ2n) is 4.36. The van der Waals surface area contributed by atoms with E-state index < -0.39 is 6.36 Å². The molecule has 0 aromatic rings. The molecule has 0 bridgehead atoms. The topological polar surface area (TPSA) is 24.5 Å². The zero-order valence-electron chi connectivity index (χ0n) is 10.4. The van der Waals surface area contributed by atoms with Gasteiger partial charge in [-0.05, 0) is 12.8 Å². The number of alkyl halides is 3. The Morgan fingerprint density at radius 2 is 2.00 bits per heavy atom. The van der Waals surface area contributed by atoms with Crippen molar-refractivity contribution in [3.63, 3.8) is 0 Å². The van der Waals surface area contributed by atoms with E-state index in [0.29, 0.717) is 18.6 Å². The van der Waals surface area contributed by atoms with E-state index >= 15 is 0 Å². The van der Waals surface area contributed by atoms with Crippen molar-refractivity contribution in [3.8, 4) is 0 Å². The summed E-state index contributed by atoms with van der Waals surface area (Å²) in [6.45, 7) is 5.84. The Labute approximate surface area is 100 Å². The molecule has 0 spiro atoms. The summed E-state index contributed by atoms with van der Waals surface area (Å²) >= 11 is 0. The summed E-state index contributed by atoms with van der Waals surface area (Å²) in [6, 6.07) is 0.693. The molecule has 1 rings (SSSR count). The summed E-state index contributed by atoms with van der Waals surface area (Å²) in [7, 11) is 0. The van der Waals surface area contributed by atoms with Crippen molar-refractivity contribution in [1.82, 2.24) is 10.2 Å². The zero-order valence-corrected chi connectivity index (χ0v) is 10.4. The van der Waals surface area contributed by atoms with Crippen LogP contribution in [0.5, 0.6) is 0 Å². The van der Waals surface area contributed by atoms with Gasteiger partial charge in [-0.25, -0.2) is 0 Å². The van der Waals surface area contributed by atoms with E-state index in [2.05, 4.69) is 28.8 Å². The average Bonchev–Trinajstić information content (AvgIpc) is 2.27. The van der Waals surface area contributed by atoms with Crippen LogP contribution in [0.25, 0.3) is 0 Å². The van der Waals surface area contributed by atoms with Crippen LogP contribution in [0.4, 0.5) is 13.2 Å². The molecular weight excluding hydrogens is 233 g/mol. The summed E-state index contributed by atoms with van der Waals surface area (Å²) in [6.07, 6.45) is -2.58. The maximum absolute atomic E-state index is 11.9. The Morgan fingerprint density at radius 3 is 2.53 bits per heavy atom. The van der Waals surface area contributed by atoms with Gasteiger partial charge in [0.25, 0.3) is 0 Å². The van der Waals surface area contributed by atoms with Crippen molar-refractivity contribution >= 4 is 0 Å². The highest BCUT2D eigenvalue weighted by atomic mass is 19.4. The van der Waals surface area contributed by atoms with Crippen LogP contribution in [-0.2, 0) is 4.74 Å². The zero-order chi connectivity index (χ0) is 12.9. The summed E-state index contributed by atoms with van der Waals surface area (Å²) in [4.78, 5) is 2.09. The Kier molecular flexibility index (Phi) is 5.69. The normalized spacial score (nSPS) is 27.4. The molecule has 17 heavy (non-hydrogen) atoms. The van der Waals surface area contributed by atoms with Crippen LogP contribution < -0.4 is 5.32 Å². The van der Waals surface area contributed by atoms with Crippen molar-refractivity contribution < 1.29 is 17.9 Å². The van der Waals surface area contributed by atoms with Gasteiger partial charge in [-0.1, -0.05) is 13.8 Å². The third-order valence-electron chi connectivity index (χ3n) is 3.22. The number of piperazine rings is 1. The van der Waals surface area contributed by atoms with Gasteiger partial charge in [0.15, 0.2) is 0 Å². The first-order valence-electron chi connectivity index (χ1n) is 6.14. The van der Waals surface area contributed by atoms with Gasteiger partial charge in [0.05, 0.1) is 6.61 Å². The third kappa shape index (κ3) is 5.23. The van der Waals surface area contributed by atoms with E-state index in [9.17, 15) is 13.2 Å². The van der Waals surface area contributed by atoms with E-state index in [0.717, 1.165) is 25.9 Å². The van der Waals surface area contributed by atoms with Gasteiger partial charge < -0.3 is 5.32 Å². The van der Waals surface area contributed by atoms with E-state index in [1.165, 1.54) is 0 Å². The van der Waals surface area contributed by atoms with Gasteiger partial charge in [0.2, 0.25) is 0 Å². The molecule has 6 heteroatoms. The van der Waals surface area contributed by atoms with Crippen LogP contribution in [0, 0.1) is 0 Å². The van der Waals surface area contributed by atoms with Crippen LogP contribution in [0.1, 0.15) is 26.7 Å². The molecule has 1 N–H and O–H groups in total. The predicted molar refractivity (Wildman–Crippen MR) is 59.7 cm³/mol. The number of nitrogens with one attached hydrogen (secondary N) is 1. The molecule has 0 radical (unpaired) electrons. The Hall–Kier alpha value is -0.330. The van der Waals surface area contributed by atoms with E-state index in [-0.39, 0.29) is 6.61 Å². The summed E-state index contributed by atoms with van der Waals surface area (Å²) in [5.74, 6) is 0. The molecule has 0 aromatic heterocycles. The van der Waals surface area contributed by atoms with Crippen LogP contribution in [0.2, 0.25) is 0 Å². The summed E-state index contributed by atoms with van der Waals surface area (Å²) < 4.78 is 39.5. The lowest BCUT2D eigenvalue weighted by Crippen LogP contribution is -2.56. The van der Waals surface area contributed by atoms with Gasteiger partial charge in [0.1, 0.15) is 0 Å². The average molecular weight is 254 g/mol. The Bertz CT molecular complexity index is 223. The maximum Gasteiger partial charge on any atom is 0.522 e. The molecule has 0 amide bonds. The van der Waals surface area contributed by atoms with Gasteiger partial charge in [-0.3, -0.25) is 9.64 Å². The van der Waals surface area contributed by atoms with Gasteiger partial charge in [-0.2, -0.15) is 0 Å². The number of ether oxygens (including phenoxy) is 1. The van der Waals surface area contributed by atoms with E-state index in [1.54, 1.807) is 0 Å². The number of hydrogen-bond acceptors (Lipinski definition) is 3. The molecule has 0 aromatic carbocycles. The lowest BCUT2D eigenvalue weighted by atomic mass is 10.1. The molecule has 2 unspecified atom stereocenters. The number of rotatable bonds is 5. The number of halogens is 3. The monoisotopic (exact) mass is 254 g/mol. The third-order valence-corrected chi connectivity index (χ3v) is 3.22. The van der Waals surface area contributed by atoms with Crippen molar-refractivity contribution in [3.05, 3.63) is 0 Å². The quantitative estimate of drug-likeness (QED) is 0.812. The maximum atomic E-state index is 11.9. The molecule has 0 aliphatic carbocycles. The molecule has 1 saturated heterocycles. The Balaban J connectivity index is 2.36. The molecular formula is C11H21F3N2O. The predicted octanol–water partition coefficient (Wildman–Crippen LogP) is 1.99. The molecule has 1 aliphatic rings. The molecule has 2 atom stereocenters. The van der Waals surface area contributed by atoms with Crippen molar-refractivity contribution in [2.75, 3.05) is 26.2 Å². The number of hydrogen-bond donors (Lipinski definition) is 1. The Morgan fingerprint density at radius 1 is 1.29 bits per heavy atom. The second-order valence-corrected chi connectivity index (χ2v) is 4.36. The van der Waals surface area contributed by atoms with Crippen LogP contribution in [0.3, 0.4) is 0 Å². The van der Waals surface area contributed by atoms with Gasteiger partial charge in [-0.15, -0.1) is 13.2 Å². The highest BCUT2D eigenvalue weighted by Gasteiger charge is 2.30.